The van der Waals surface area contributed by atoms with E-state index in [1.54, 1.807) is 30.3 Å². The van der Waals surface area contributed by atoms with Gasteiger partial charge in [-0.1, -0.05) is 37.3 Å². The molecule has 0 aromatic heterocycles. The third-order valence-corrected chi connectivity index (χ3v) is 7.69. The van der Waals surface area contributed by atoms with Gasteiger partial charge in [0.1, 0.15) is 5.75 Å². The number of rotatable bonds is 8. The molecular weight excluding hydrogens is 400 g/mol. The van der Waals surface area contributed by atoms with Crippen molar-refractivity contribution in [2.24, 2.45) is 0 Å². The first kappa shape index (κ1) is 22.3. The van der Waals surface area contributed by atoms with Crippen LogP contribution in [-0.4, -0.2) is 49.7 Å². The molecule has 3 rings (SSSR count). The lowest BCUT2D eigenvalue weighted by atomic mass is 9.99. The maximum Gasteiger partial charge on any atom is 0.220 e. The molecule has 2 aromatic rings. The molecule has 1 amide bonds. The van der Waals surface area contributed by atoms with Gasteiger partial charge in [0, 0.05) is 12.5 Å². The first-order valence-corrected chi connectivity index (χ1v) is 12.0. The molecule has 2 aromatic carbocycles. The van der Waals surface area contributed by atoms with E-state index in [1.807, 2.05) is 25.2 Å². The summed E-state index contributed by atoms with van der Waals surface area (Å²) in [5.74, 6) is 0.236. The zero-order valence-electron chi connectivity index (χ0n) is 17.5. The number of fused-ring (bicyclic) bond motifs is 1. The summed E-state index contributed by atoms with van der Waals surface area (Å²) < 4.78 is 24.6. The van der Waals surface area contributed by atoms with Gasteiger partial charge in [0.05, 0.1) is 16.7 Å². The number of nitrogens with zero attached hydrogens (tertiary/aromatic N) is 1. The Balaban J connectivity index is 1.62. The van der Waals surface area contributed by atoms with Gasteiger partial charge in [0.25, 0.3) is 0 Å². The van der Waals surface area contributed by atoms with E-state index in [2.05, 4.69) is 17.1 Å². The minimum atomic E-state index is -3.26. The van der Waals surface area contributed by atoms with Crippen LogP contribution in [-0.2, 0) is 21.1 Å². The number of aromatic hydroxyl groups is 1. The number of hydrogen-bond donors (Lipinski definition) is 2. The summed E-state index contributed by atoms with van der Waals surface area (Å²) >= 11 is 0. The van der Waals surface area contributed by atoms with E-state index in [4.69, 9.17) is 0 Å². The quantitative estimate of drug-likeness (QED) is 0.672. The van der Waals surface area contributed by atoms with Gasteiger partial charge in [0.15, 0.2) is 9.84 Å². The molecule has 0 fully saturated rings. The lowest BCUT2D eigenvalue weighted by molar-refractivity contribution is -0.122. The summed E-state index contributed by atoms with van der Waals surface area (Å²) in [4.78, 5) is 15.2. The average Bonchev–Trinajstić information content (AvgIpc) is 2.74. The number of phenols is 1. The van der Waals surface area contributed by atoms with Crippen LogP contribution >= 0.6 is 0 Å². The Morgan fingerprint density at radius 1 is 1.20 bits per heavy atom. The number of hydrogen-bond acceptors (Lipinski definition) is 5. The number of carbonyl (C=O) groups is 1. The Labute approximate surface area is 178 Å². The maximum atomic E-state index is 12.7. The van der Waals surface area contributed by atoms with Crippen LogP contribution in [0.5, 0.6) is 5.75 Å². The Kier molecular flexibility index (Phi) is 7.15. The third-order valence-electron chi connectivity index (χ3n) is 5.87. The van der Waals surface area contributed by atoms with Gasteiger partial charge >= 0.3 is 0 Å². The van der Waals surface area contributed by atoms with Gasteiger partial charge in [-0.3, -0.25) is 4.79 Å². The van der Waals surface area contributed by atoms with Gasteiger partial charge in [-0.05, 0) is 62.2 Å². The van der Waals surface area contributed by atoms with E-state index in [0.29, 0.717) is 29.7 Å². The highest BCUT2D eigenvalue weighted by molar-refractivity contribution is 7.91. The fourth-order valence-corrected chi connectivity index (χ4v) is 5.57. The molecule has 6 nitrogen and oxygen atoms in total. The number of nitrogens with one attached hydrogen (secondary N) is 1. The molecule has 0 aliphatic carbocycles. The van der Waals surface area contributed by atoms with Crippen molar-refractivity contribution in [3.8, 4) is 5.75 Å². The molecule has 2 unspecified atom stereocenters. The summed E-state index contributed by atoms with van der Waals surface area (Å²) in [5.41, 5.74) is 1.80. The van der Waals surface area contributed by atoms with E-state index in [0.717, 1.165) is 18.5 Å². The van der Waals surface area contributed by atoms with E-state index in [-0.39, 0.29) is 29.5 Å². The molecule has 0 radical (unpaired) electrons. The zero-order valence-corrected chi connectivity index (χ0v) is 18.4. The Bertz CT molecular complexity index is 973. The van der Waals surface area contributed by atoms with Crippen LogP contribution in [0.2, 0.25) is 0 Å². The standard InChI is InChI=1S/C23H30N2O4S/c1-3-25(2)18(16-17-8-11-19(26)12-9-17)10-13-23(27)24-21-14-15-30(28,29)22-7-5-4-6-20(21)22/h4-9,11-12,18,21,26H,3,10,13-16H2,1-2H3,(H,24,27). The second kappa shape index (κ2) is 9.62. The molecule has 162 valence electrons. The van der Waals surface area contributed by atoms with E-state index < -0.39 is 9.84 Å². The smallest absolute Gasteiger partial charge is 0.220 e. The predicted octanol–water partition coefficient (Wildman–Crippen LogP) is 3.07. The fourth-order valence-electron chi connectivity index (χ4n) is 3.94. The van der Waals surface area contributed by atoms with E-state index >= 15 is 0 Å². The largest absolute Gasteiger partial charge is 0.508 e. The SMILES string of the molecule is CCN(C)C(CCC(=O)NC1CCS(=O)(=O)c2ccccc21)Cc1ccc(O)cc1. The molecular formula is C23H30N2O4S. The second-order valence-electron chi connectivity index (χ2n) is 7.90. The summed E-state index contributed by atoms with van der Waals surface area (Å²) in [6.45, 7) is 2.96. The highest BCUT2D eigenvalue weighted by atomic mass is 32.2. The molecule has 1 heterocycles. The number of phenolic OH excluding ortho intramolecular Hbond substituents is 1. The predicted molar refractivity (Wildman–Crippen MR) is 117 cm³/mol. The number of sulfone groups is 1. The molecule has 30 heavy (non-hydrogen) atoms. The Hall–Kier alpha value is -2.38. The topological polar surface area (TPSA) is 86.7 Å². The molecule has 7 heteroatoms. The lowest BCUT2D eigenvalue weighted by Crippen LogP contribution is -2.37. The van der Waals surface area contributed by atoms with Gasteiger partial charge < -0.3 is 15.3 Å². The molecule has 0 spiro atoms. The van der Waals surface area contributed by atoms with Crippen LogP contribution in [0, 0.1) is 0 Å². The molecule has 2 atom stereocenters. The molecule has 1 aliphatic heterocycles. The zero-order chi connectivity index (χ0) is 21.7. The summed E-state index contributed by atoms with van der Waals surface area (Å²) in [6, 6.07) is 14.0. The van der Waals surface area contributed by atoms with Crippen LogP contribution in [0.15, 0.2) is 53.4 Å². The minimum Gasteiger partial charge on any atom is -0.508 e. The van der Waals surface area contributed by atoms with Crippen molar-refractivity contribution in [3.63, 3.8) is 0 Å². The first-order chi connectivity index (χ1) is 14.3. The first-order valence-electron chi connectivity index (χ1n) is 10.4. The number of amides is 1. The normalized spacial score (nSPS) is 18.6. The lowest BCUT2D eigenvalue weighted by Gasteiger charge is -2.28. The highest BCUT2D eigenvalue weighted by Gasteiger charge is 2.30. The average molecular weight is 431 g/mol. The van der Waals surface area contributed by atoms with Crippen LogP contribution < -0.4 is 5.32 Å². The molecule has 2 N–H and O–H groups in total. The van der Waals surface area contributed by atoms with Gasteiger partial charge in [-0.2, -0.15) is 0 Å². The summed E-state index contributed by atoms with van der Waals surface area (Å²) in [6.07, 6.45) is 2.27. The van der Waals surface area contributed by atoms with Crippen molar-refractivity contribution >= 4 is 15.7 Å². The van der Waals surface area contributed by atoms with E-state index in [9.17, 15) is 18.3 Å². The van der Waals surface area contributed by atoms with Crippen LogP contribution in [0.3, 0.4) is 0 Å². The van der Waals surface area contributed by atoms with Crippen molar-refractivity contribution in [2.45, 2.75) is 49.6 Å². The van der Waals surface area contributed by atoms with Crippen LogP contribution in [0.4, 0.5) is 0 Å². The van der Waals surface area contributed by atoms with Crippen molar-refractivity contribution in [2.75, 3.05) is 19.3 Å². The molecule has 0 saturated heterocycles. The monoisotopic (exact) mass is 430 g/mol. The number of likely N-dealkylation sites (N-methyl/N-ethyl adjacent to an activating group) is 1. The summed E-state index contributed by atoms with van der Waals surface area (Å²) in [5, 5.41) is 12.5. The fraction of sp³-hybridized carbons (Fsp3) is 0.435. The van der Waals surface area contributed by atoms with Gasteiger partial charge in [0.2, 0.25) is 5.91 Å². The van der Waals surface area contributed by atoms with E-state index in [1.165, 1.54) is 0 Å². The molecule has 0 saturated carbocycles. The van der Waals surface area contributed by atoms with Crippen molar-refractivity contribution in [1.82, 2.24) is 10.2 Å². The van der Waals surface area contributed by atoms with Crippen molar-refractivity contribution in [3.05, 3.63) is 59.7 Å². The van der Waals surface area contributed by atoms with Crippen LogP contribution in [0.1, 0.15) is 43.4 Å². The minimum absolute atomic E-state index is 0.0526. The number of benzene rings is 2. The second-order valence-corrected chi connectivity index (χ2v) is 9.98. The van der Waals surface area contributed by atoms with Crippen molar-refractivity contribution < 1.29 is 18.3 Å². The van der Waals surface area contributed by atoms with Crippen molar-refractivity contribution in [1.29, 1.82) is 0 Å². The number of carbonyl (C=O) groups excluding carboxylic acids is 1. The summed E-state index contributed by atoms with van der Waals surface area (Å²) in [7, 11) is -1.22. The third kappa shape index (κ3) is 5.40. The maximum absolute atomic E-state index is 12.7. The highest BCUT2D eigenvalue weighted by Crippen LogP contribution is 2.32. The molecule has 1 aliphatic rings. The Morgan fingerprint density at radius 2 is 1.90 bits per heavy atom. The molecule has 0 bridgehead atoms. The van der Waals surface area contributed by atoms with Crippen LogP contribution in [0.25, 0.3) is 0 Å². The Morgan fingerprint density at radius 3 is 2.60 bits per heavy atom. The van der Waals surface area contributed by atoms with Gasteiger partial charge in [-0.25, -0.2) is 8.42 Å². The van der Waals surface area contributed by atoms with Gasteiger partial charge in [-0.15, -0.1) is 0 Å².